The lowest BCUT2D eigenvalue weighted by atomic mass is 10.3. The van der Waals surface area contributed by atoms with E-state index in [4.69, 9.17) is 5.26 Å². The summed E-state index contributed by atoms with van der Waals surface area (Å²) in [7, 11) is 4.11. The monoisotopic (exact) mass is 204 g/mol. The van der Waals surface area contributed by atoms with Crippen molar-refractivity contribution in [3.8, 4) is 6.07 Å². The fraction of sp³-hybridized carbons (Fsp3) is 0.455. The zero-order valence-electron chi connectivity index (χ0n) is 9.20. The van der Waals surface area contributed by atoms with Gasteiger partial charge in [0.2, 0.25) is 0 Å². The van der Waals surface area contributed by atoms with Crippen molar-refractivity contribution in [2.75, 3.05) is 32.5 Å². The summed E-state index contributed by atoms with van der Waals surface area (Å²) in [5.41, 5.74) is 0.592. The molecule has 1 aromatic rings. The Morgan fingerprint density at radius 2 is 2.27 bits per heavy atom. The molecule has 0 aliphatic rings. The van der Waals surface area contributed by atoms with E-state index in [1.807, 2.05) is 12.1 Å². The Kier molecular flexibility index (Phi) is 4.58. The highest BCUT2D eigenvalue weighted by molar-refractivity contribution is 5.38. The van der Waals surface area contributed by atoms with Crippen LogP contribution in [0.2, 0.25) is 0 Å². The summed E-state index contributed by atoms with van der Waals surface area (Å²) in [6, 6.07) is 5.63. The number of nitrogens with zero attached hydrogens (tertiary/aromatic N) is 3. The summed E-state index contributed by atoms with van der Waals surface area (Å²) >= 11 is 0. The largest absolute Gasteiger partial charge is 0.370 e. The molecule has 1 N–H and O–H groups in total. The van der Waals surface area contributed by atoms with Crippen molar-refractivity contribution in [1.82, 2.24) is 9.88 Å². The first kappa shape index (κ1) is 11.5. The number of rotatable bonds is 5. The number of hydrogen-bond donors (Lipinski definition) is 1. The van der Waals surface area contributed by atoms with Gasteiger partial charge in [0, 0.05) is 12.7 Å². The summed E-state index contributed by atoms with van der Waals surface area (Å²) in [6.45, 7) is 1.96. The van der Waals surface area contributed by atoms with Crippen molar-refractivity contribution in [2.45, 2.75) is 6.42 Å². The third-order valence-electron chi connectivity index (χ3n) is 1.98. The van der Waals surface area contributed by atoms with Gasteiger partial charge in [0.25, 0.3) is 0 Å². The van der Waals surface area contributed by atoms with Crippen LogP contribution in [0.25, 0.3) is 0 Å². The van der Waals surface area contributed by atoms with Crippen molar-refractivity contribution in [3.05, 3.63) is 23.9 Å². The lowest BCUT2D eigenvalue weighted by Crippen LogP contribution is -2.16. The molecular formula is C11H16N4. The molecule has 0 aromatic carbocycles. The van der Waals surface area contributed by atoms with Gasteiger partial charge in [0.1, 0.15) is 11.9 Å². The van der Waals surface area contributed by atoms with E-state index in [9.17, 15) is 0 Å². The van der Waals surface area contributed by atoms with Gasteiger partial charge in [0.05, 0.1) is 5.56 Å². The van der Waals surface area contributed by atoms with E-state index < -0.39 is 0 Å². The van der Waals surface area contributed by atoms with E-state index in [1.165, 1.54) is 0 Å². The summed E-state index contributed by atoms with van der Waals surface area (Å²) in [5, 5.41) is 11.8. The smallest absolute Gasteiger partial charge is 0.125 e. The zero-order chi connectivity index (χ0) is 11.1. The number of aromatic nitrogens is 1. The molecule has 0 amide bonds. The van der Waals surface area contributed by atoms with Crippen molar-refractivity contribution in [3.63, 3.8) is 0 Å². The third kappa shape index (κ3) is 4.43. The number of pyridine rings is 1. The molecule has 4 nitrogen and oxygen atoms in total. The van der Waals surface area contributed by atoms with Gasteiger partial charge >= 0.3 is 0 Å². The van der Waals surface area contributed by atoms with Crippen LogP contribution < -0.4 is 5.32 Å². The molecule has 1 heterocycles. The molecule has 0 aliphatic heterocycles. The quantitative estimate of drug-likeness (QED) is 0.735. The van der Waals surface area contributed by atoms with Crippen LogP contribution in [0.15, 0.2) is 18.3 Å². The Hall–Kier alpha value is -1.60. The van der Waals surface area contributed by atoms with E-state index in [1.54, 1.807) is 12.3 Å². The second kappa shape index (κ2) is 5.99. The fourth-order valence-electron chi connectivity index (χ4n) is 1.18. The van der Waals surface area contributed by atoms with Crippen LogP contribution >= 0.6 is 0 Å². The second-order valence-corrected chi connectivity index (χ2v) is 3.63. The molecule has 80 valence electrons. The van der Waals surface area contributed by atoms with Crippen molar-refractivity contribution < 1.29 is 0 Å². The molecule has 4 heteroatoms. The Bertz CT molecular complexity index is 323. The highest BCUT2D eigenvalue weighted by Crippen LogP contribution is 2.03. The molecule has 0 unspecified atom stereocenters. The molecule has 0 bridgehead atoms. The van der Waals surface area contributed by atoms with Gasteiger partial charge < -0.3 is 10.2 Å². The Labute approximate surface area is 90.5 Å². The van der Waals surface area contributed by atoms with Crippen molar-refractivity contribution in [1.29, 1.82) is 5.26 Å². The zero-order valence-corrected chi connectivity index (χ0v) is 9.20. The molecule has 1 aromatic heterocycles. The van der Waals surface area contributed by atoms with Gasteiger partial charge in [-0.05, 0) is 39.2 Å². The predicted molar refractivity (Wildman–Crippen MR) is 60.6 cm³/mol. The topological polar surface area (TPSA) is 52.0 Å². The van der Waals surface area contributed by atoms with Crippen molar-refractivity contribution >= 4 is 5.82 Å². The van der Waals surface area contributed by atoms with Crippen LogP contribution in [0.1, 0.15) is 12.0 Å². The third-order valence-corrected chi connectivity index (χ3v) is 1.98. The van der Waals surface area contributed by atoms with E-state index >= 15 is 0 Å². The van der Waals surface area contributed by atoms with E-state index in [2.05, 4.69) is 29.3 Å². The molecule has 0 radical (unpaired) electrons. The average molecular weight is 204 g/mol. The van der Waals surface area contributed by atoms with Gasteiger partial charge in [-0.3, -0.25) is 0 Å². The fourth-order valence-corrected chi connectivity index (χ4v) is 1.18. The van der Waals surface area contributed by atoms with E-state index in [-0.39, 0.29) is 0 Å². The number of anilines is 1. The Balaban J connectivity index is 2.29. The number of hydrogen-bond acceptors (Lipinski definition) is 4. The SMILES string of the molecule is CN(C)CCCNc1ccc(C#N)cn1. The minimum Gasteiger partial charge on any atom is -0.370 e. The molecule has 0 spiro atoms. The van der Waals surface area contributed by atoms with Crippen LogP contribution in [0.5, 0.6) is 0 Å². The van der Waals surface area contributed by atoms with E-state index in [0.29, 0.717) is 5.56 Å². The minimum absolute atomic E-state index is 0.592. The van der Waals surface area contributed by atoms with Gasteiger partial charge in [-0.15, -0.1) is 0 Å². The maximum atomic E-state index is 8.59. The predicted octanol–water partition coefficient (Wildman–Crippen LogP) is 1.32. The first-order valence-electron chi connectivity index (χ1n) is 4.97. The van der Waals surface area contributed by atoms with Crippen LogP contribution in [-0.4, -0.2) is 37.1 Å². The van der Waals surface area contributed by atoms with Gasteiger partial charge in [-0.2, -0.15) is 5.26 Å². The second-order valence-electron chi connectivity index (χ2n) is 3.63. The maximum Gasteiger partial charge on any atom is 0.125 e. The molecular weight excluding hydrogens is 188 g/mol. The highest BCUT2D eigenvalue weighted by atomic mass is 15.1. The molecule has 0 saturated carbocycles. The molecule has 0 aliphatic carbocycles. The highest BCUT2D eigenvalue weighted by Gasteiger charge is 1.94. The van der Waals surface area contributed by atoms with Gasteiger partial charge in [-0.25, -0.2) is 4.98 Å². The van der Waals surface area contributed by atoms with Crippen LogP contribution in [-0.2, 0) is 0 Å². The van der Waals surface area contributed by atoms with E-state index in [0.717, 1.165) is 25.3 Å². The first-order valence-corrected chi connectivity index (χ1v) is 4.97. The van der Waals surface area contributed by atoms with Crippen LogP contribution in [0.4, 0.5) is 5.82 Å². The van der Waals surface area contributed by atoms with Crippen LogP contribution in [0, 0.1) is 11.3 Å². The normalized spacial score (nSPS) is 10.0. The summed E-state index contributed by atoms with van der Waals surface area (Å²) in [5.74, 6) is 0.827. The molecule has 0 atom stereocenters. The minimum atomic E-state index is 0.592. The number of nitrogens with one attached hydrogen (secondary N) is 1. The standard InChI is InChI=1S/C11H16N4/c1-15(2)7-3-6-13-11-5-4-10(8-12)9-14-11/h4-5,9H,3,6-7H2,1-2H3,(H,13,14). The summed E-state index contributed by atoms with van der Waals surface area (Å²) < 4.78 is 0. The molecule has 15 heavy (non-hydrogen) atoms. The lowest BCUT2D eigenvalue weighted by Gasteiger charge is -2.09. The summed E-state index contributed by atoms with van der Waals surface area (Å²) in [4.78, 5) is 6.27. The first-order chi connectivity index (χ1) is 7.22. The van der Waals surface area contributed by atoms with Gasteiger partial charge in [-0.1, -0.05) is 0 Å². The number of nitriles is 1. The van der Waals surface area contributed by atoms with Gasteiger partial charge in [0.15, 0.2) is 0 Å². The van der Waals surface area contributed by atoms with Crippen molar-refractivity contribution in [2.24, 2.45) is 0 Å². The lowest BCUT2D eigenvalue weighted by molar-refractivity contribution is 0.405. The maximum absolute atomic E-state index is 8.59. The molecule has 0 saturated heterocycles. The average Bonchev–Trinajstić information content (AvgIpc) is 2.25. The van der Waals surface area contributed by atoms with Crippen LogP contribution in [0.3, 0.4) is 0 Å². The Morgan fingerprint density at radius 3 is 2.80 bits per heavy atom. The molecule has 1 rings (SSSR count). The summed E-state index contributed by atoms with van der Waals surface area (Å²) in [6.07, 6.45) is 2.66. The Morgan fingerprint density at radius 1 is 1.47 bits per heavy atom. The molecule has 0 fully saturated rings.